The zero-order chi connectivity index (χ0) is 88.9. The van der Waals surface area contributed by atoms with E-state index in [2.05, 4.69) is 484 Å². The van der Waals surface area contributed by atoms with Crippen LogP contribution < -0.4 is 15.6 Å². The molecule has 0 aliphatic rings. The summed E-state index contributed by atoms with van der Waals surface area (Å²) in [5, 5.41) is 5.06. The first-order chi connectivity index (χ1) is 52.8. The lowest BCUT2D eigenvalue weighted by atomic mass is 9.84. The van der Waals surface area contributed by atoms with Crippen molar-refractivity contribution in [2.45, 2.75) is 385 Å². The largest absolute Gasteiger partial charge is 0.0779 e. The van der Waals surface area contributed by atoms with Gasteiger partial charge in [-0.25, -0.2) is 0 Å². The molecular formula is C112H176Si3. The lowest BCUT2D eigenvalue weighted by Crippen LogP contribution is -2.53. The first kappa shape index (κ1) is 107. The fourth-order valence-electron chi connectivity index (χ4n) is 14.7. The molecule has 0 aromatic heterocycles. The van der Waals surface area contributed by atoms with Gasteiger partial charge in [0.25, 0.3) is 0 Å². The summed E-state index contributed by atoms with van der Waals surface area (Å²) in [6.45, 7) is 103. The minimum atomic E-state index is -1.25. The maximum absolute atomic E-state index is 2.57. The number of hydrogen-bond acceptors (Lipinski definition) is 0. The molecule has 9 rings (SSSR count). The molecule has 0 amide bonds. The van der Waals surface area contributed by atoms with Gasteiger partial charge in [-0.2, -0.15) is 0 Å². The Labute approximate surface area is 717 Å². The molecule has 0 saturated heterocycles. The van der Waals surface area contributed by atoms with Gasteiger partial charge < -0.3 is 0 Å². The highest BCUT2D eigenvalue weighted by molar-refractivity contribution is 6.94. The van der Waals surface area contributed by atoms with E-state index in [0.29, 0.717) is 71.0 Å². The molecule has 9 aromatic rings. The molecule has 0 spiro atoms. The van der Waals surface area contributed by atoms with Crippen molar-refractivity contribution in [3.8, 4) is 0 Å². The van der Waals surface area contributed by atoms with Crippen molar-refractivity contribution in [2.75, 3.05) is 0 Å². The number of aryl methyl sites for hydroxylation is 6. The summed E-state index contributed by atoms with van der Waals surface area (Å²) in [5.41, 5.74) is 32.3. The van der Waals surface area contributed by atoms with Crippen molar-refractivity contribution in [1.82, 2.24) is 0 Å². The third kappa shape index (κ3) is 37.6. The van der Waals surface area contributed by atoms with Crippen LogP contribution >= 0.6 is 0 Å². The van der Waals surface area contributed by atoms with Crippen LogP contribution in [0.3, 0.4) is 0 Å². The average molecular weight is 1610 g/mol. The molecule has 0 saturated carbocycles. The Balaban J connectivity index is 0.000000652. The number of rotatable bonds is 15. The molecule has 0 nitrogen and oxygen atoms in total. The third-order valence-electron chi connectivity index (χ3n) is 22.2. The van der Waals surface area contributed by atoms with Crippen LogP contribution in [0.25, 0.3) is 0 Å². The maximum atomic E-state index is 2.57. The van der Waals surface area contributed by atoms with Crippen LogP contribution in [0, 0.1) is 62.3 Å². The minimum Gasteiger partial charge on any atom is -0.0656 e. The molecule has 3 heteroatoms. The zero-order valence-electron chi connectivity index (χ0n) is 83.2. The molecule has 9 aromatic carbocycles. The molecule has 0 unspecified atom stereocenters. The molecule has 0 bridgehead atoms. The van der Waals surface area contributed by atoms with Crippen LogP contribution in [0.2, 0.25) is 58.9 Å². The Morgan fingerprint density at radius 2 is 0.522 bits per heavy atom. The van der Waals surface area contributed by atoms with Gasteiger partial charge in [-0.3, -0.25) is 0 Å². The highest BCUT2D eigenvalue weighted by Gasteiger charge is 2.29. The van der Waals surface area contributed by atoms with E-state index in [1.165, 1.54) is 117 Å². The smallest absolute Gasteiger partial charge is 0.0656 e. The van der Waals surface area contributed by atoms with Gasteiger partial charge in [-0.05, 0) is 239 Å². The predicted molar refractivity (Wildman–Crippen MR) is 537 cm³/mol. The monoisotopic (exact) mass is 1610 g/mol. The molecule has 0 heterocycles. The highest BCUT2D eigenvalue weighted by Crippen LogP contribution is 2.33. The van der Waals surface area contributed by atoms with Gasteiger partial charge in [-0.1, -0.05) is 460 Å². The van der Waals surface area contributed by atoms with Crippen LogP contribution in [0.15, 0.2) is 176 Å². The normalized spacial score (nSPS) is 11.6. The zero-order valence-corrected chi connectivity index (χ0v) is 86.2. The highest BCUT2D eigenvalue weighted by atomic mass is 28.3. The van der Waals surface area contributed by atoms with E-state index in [4.69, 9.17) is 0 Å². The molecule has 636 valence electrons. The number of hydrogen-bond donors (Lipinski definition) is 0. The second kappa shape index (κ2) is 49.3. The van der Waals surface area contributed by atoms with E-state index >= 15 is 0 Å². The van der Waals surface area contributed by atoms with Crippen molar-refractivity contribution in [2.24, 2.45) is 0 Å². The van der Waals surface area contributed by atoms with Crippen LogP contribution in [0.1, 0.15) is 380 Å². The minimum absolute atomic E-state index is 0.283. The fourth-order valence-corrected chi connectivity index (χ4v) is 20.0. The van der Waals surface area contributed by atoms with Crippen molar-refractivity contribution < 1.29 is 0 Å². The fraction of sp³-hybridized carbons (Fsp3) is 0.518. The molecule has 0 N–H and O–H groups in total. The van der Waals surface area contributed by atoms with E-state index in [1.807, 2.05) is 0 Å². The quantitative estimate of drug-likeness (QED) is 0.0898. The summed E-state index contributed by atoms with van der Waals surface area (Å²) in [6, 6.07) is 64.8. The SMILES string of the molecule is Cc1c(C(C)C)cc(C(C)C)cc1C(C)C.Cc1c(C(C)C)cccc1C(C)C.Cc1c([Si](C)(C)C)cc([Si](C)(C)C)cc1[Si](C)(C)C.Cc1cc(C(C)C)cc(C(C)C)c1.Cc1ccc(C(C)C)cc1.Cc1ccc(C(C)C)cc1C(C)C.Cc1cccc(C(C)C)c1.Cc1ccccc1C(C)(C)C.Cc1ccccc1C(C)C. The van der Waals surface area contributed by atoms with E-state index in [9.17, 15) is 0 Å². The second-order valence-electron chi connectivity index (χ2n) is 41.2. The lowest BCUT2D eigenvalue weighted by molar-refractivity contribution is 0.586. The first-order valence-corrected chi connectivity index (χ1v) is 55.1. The Morgan fingerprint density at radius 3 is 0.843 bits per heavy atom. The standard InChI is InChI=1S/C16H32Si3.C16H26.3C13H20.C11H16.3C10H14/c1-13-15(18(5,6)7)11-14(17(2,3)4)12-16(13)19(8,9)10;1-10(2)14-8-15(11(3)4)13(7)16(9-14)12(5)6;1-9(2)12-6-11(5)7-13(8-12)10(3)4;1-9(2)12-7-6-11(5)13(8-12)10(3)4;1-9(2)12-7-6-8-13(10(3)4)11(12)5;1-9-7-5-6-8-10(9)11(2,3)4;1-8(2)10-6-4-9(3)5-7-10;1-8(2)10-6-4-5-9(3)7-10;1-8(2)10-7-5-4-6-9(10)3/h11-12H,1-10H3;8-12H,1-7H3;3*6-10H,1-5H3;5-8H,1-4H3;3*4-8H,1-3H3. The third-order valence-corrected chi connectivity index (χ3v) is 28.5. The van der Waals surface area contributed by atoms with Gasteiger partial charge in [-0.15, -0.1) is 0 Å². The van der Waals surface area contributed by atoms with Gasteiger partial charge in [0, 0.05) is 0 Å². The first-order valence-electron chi connectivity index (χ1n) is 44.6. The summed E-state index contributed by atoms with van der Waals surface area (Å²) in [6.07, 6.45) is 0. The van der Waals surface area contributed by atoms with E-state index in [0.717, 1.165) is 0 Å². The van der Waals surface area contributed by atoms with Gasteiger partial charge in [0.1, 0.15) is 0 Å². The van der Waals surface area contributed by atoms with Gasteiger partial charge in [0.2, 0.25) is 0 Å². The van der Waals surface area contributed by atoms with Crippen LogP contribution in [0.4, 0.5) is 0 Å². The Morgan fingerprint density at radius 1 is 0.209 bits per heavy atom. The molecule has 0 fully saturated rings. The number of benzene rings is 9. The van der Waals surface area contributed by atoms with E-state index < -0.39 is 24.2 Å². The average Bonchev–Trinajstić information content (AvgIpc) is 0.767. The summed E-state index contributed by atoms with van der Waals surface area (Å²) in [7, 11) is -3.74. The topological polar surface area (TPSA) is 0 Å². The molecule has 0 atom stereocenters. The Hall–Kier alpha value is -6.37. The van der Waals surface area contributed by atoms with Gasteiger partial charge in [0.05, 0.1) is 24.2 Å². The van der Waals surface area contributed by atoms with Crippen LogP contribution in [-0.2, 0) is 5.41 Å². The van der Waals surface area contributed by atoms with E-state index in [-0.39, 0.29) is 5.41 Å². The summed E-state index contributed by atoms with van der Waals surface area (Å²) in [5.74, 6) is 7.65. The summed E-state index contributed by atoms with van der Waals surface area (Å²) in [4.78, 5) is 0. The summed E-state index contributed by atoms with van der Waals surface area (Å²) < 4.78 is 0. The molecule has 0 aliphatic carbocycles. The molecule has 0 aliphatic heterocycles. The van der Waals surface area contributed by atoms with Crippen molar-refractivity contribution in [3.05, 3.63) is 298 Å². The van der Waals surface area contributed by atoms with Crippen molar-refractivity contribution in [3.63, 3.8) is 0 Å². The Bertz CT molecular complexity index is 4150. The van der Waals surface area contributed by atoms with Gasteiger partial charge >= 0.3 is 0 Å². The molecule has 115 heavy (non-hydrogen) atoms. The van der Waals surface area contributed by atoms with Gasteiger partial charge in [0.15, 0.2) is 0 Å². The summed E-state index contributed by atoms with van der Waals surface area (Å²) >= 11 is 0. The van der Waals surface area contributed by atoms with E-state index in [1.54, 1.807) is 21.1 Å². The second-order valence-corrected chi connectivity index (χ2v) is 56.4. The van der Waals surface area contributed by atoms with Crippen LogP contribution in [0.5, 0.6) is 0 Å². The van der Waals surface area contributed by atoms with Crippen molar-refractivity contribution >= 4 is 39.8 Å². The Kier molecular flexibility index (Phi) is 45.7. The predicted octanol–water partition coefficient (Wildman–Crippen LogP) is 34.4. The molecular weight excluding hydrogens is 1430 g/mol. The molecule has 0 radical (unpaired) electrons. The lowest BCUT2D eigenvalue weighted by Gasteiger charge is -2.30. The maximum Gasteiger partial charge on any atom is 0.0779 e. The van der Waals surface area contributed by atoms with Crippen LogP contribution in [-0.4, -0.2) is 24.2 Å². The van der Waals surface area contributed by atoms with Crippen molar-refractivity contribution in [1.29, 1.82) is 0 Å².